The van der Waals surface area contributed by atoms with Crippen molar-refractivity contribution in [3.05, 3.63) is 0 Å². The minimum atomic E-state index is -3.09. The highest BCUT2D eigenvalue weighted by Crippen LogP contribution is 2.43. The predicted molar refractivity (Wildman–Crippen MR) is 74.7 cm³/mol. The average molecular weight is 327 g/mol. The number of carbonyl (C=O) groups is 3. The Hall–Kier alpha value is -1.75. The van der Waals surface area contributed by atoms with Crippen molar-refractivity contribution >= 4 is 17.9 Å². The number of carboxylic acids is 3. The molecule has 22 heavy (non-hydrogen) atoms. The van der Waals surface area contributed by atoms with Gasteiger partial charge in [0.2, 0.25) is 0 Å². The Morgan fingerprint density at radius 1 is 0.909 bits per heavy atom. The first kappa shape index (κ1) is 28.4. The van der Waals surface area contributed by atoms with Crippen LogP contribution in [-0.2, 0) is 14.4 Å². The Balaban J connectivity index is -0.000000540. The lowest BCUT2D eigenvalue weighted by Crippen LogP contribution is -2.70. The summed E-state index contributed by atoms with van der Waals surface area (Å²) in [5, 5.41) is 43.9. The van der Waals surface area contributed by atoms with Crippen LogP contribution >= 0.6 is 0 Å². The quantitative estimate of drug-likeness (QED) is 0.386. The molecule has 0 saturated heterocycles. The maximum absolute atomic E-state index is 11.3. The molecule has 13 N–H and O–H groups in total. The van der Waals surface area contributed by atoms with Crippen LogP contribution in [-0.4, -0.2) is 28.6 Å². The van der Waals surface area contributed by atoms with Gasteiger partial charge >= 0.3 is 0 Å². The summed E-state index contributed by atoms with van der Waals surface area (Å²) in [5.74, 6) is -7.74. The smallest absolute Gasteiger partial charge is 0.123 e. The minimum Gasteiger partial charge on any atom is -0.550 e. The fourth-order valence-electron chi connectivity index (χ4n) is 2.54. The van der Waals surface area contributed by atoms with Gasteiger partial charge in [0.15, 0.2) is 0 Å². The van der Waals surface area contributed by atoms with E-state index in [4.69, 9.17) is 0 Å². The Labute approximate surface area is 129 Å². The van der Waals surface area contributed by atoms with Crippen LogP contribution in [0.3, 0.4) is 0 Å². The summed E-state index contributed by atoms with van der Waals surface area (Å²) < 4.78 is 0. The second-order valence-corrected chi connectivity index (χ2v) is 4.41. The van der Waals surface area contributed by atoms with E-state index in [-0.39, 0.29) is 37.7 Å². The van der Waals surface area contributed by atoms with E-state index in [0.717, 1.165) is 0 Å². The molecule has 0 aliphatic rings. The van der Waals surface area contributed by atoms with Gasteiger partial charge in [-0.25, -0.2) is 0 Å². The third-order valence-electron chi connectivity index (χ3n) is 3.84. The maximum atomic E-state index is 11.3. The molecule has 0 fully saturated rings. The molecule has 0 aliphatic heterocycles. The number of quaternary nitrogens is 3. The molecular formula is C12H29N3O7. The van der Waals surface area contributed by atoms with Crippen molar-refractivity contribution in [3.8, 4) is 0 Å². The van der Waals surface area contributed by atoms with Crippen LogP contribution in [0.15, 0.2) is 0 Å². The molecule has 0 aromatic carbocycles. The van der Waals surface area contributed by atoms with Crippen LogP contribution in [0.25, 0.3) is 0 Å². The first-order chi connectivity index (χ1) is 8.65. The van der Waals surface area contributed by atoms with Crippen molar-refractivity contribution in [3.63, 3.8) is 0 Å². The number of hydrogen-bond acceptors (Lipinski definition) is 7. The molecule has 2 unspecified atom stereocenters. The zero-order valence-electron chi connectivity index (χ0n) is 14.1. The molecule has 10 nitrogen and oxygen atoms in total. The van der Waals surface area contributed by atoms with Gasteiger partial charge in [-0.3, -0.25) is 0 Å². The minimum absolute atomic E-state index is 0. The normalized spacial score (nSPS) is 14.2. The summed E-state index contributed by atoms with van der Waals surface area (Å²) in [7, 11) is 0. The molecule has 10 heteroatoms. The molecule has 0 aromatic rings. The highest BCUT2D eigenvalue weighted by molar-refractivity contribution is 5.91. The van der Waals surface area contributed by atoms with Gasteiger partial charge in [-0.2, -0.15) is 0 Å². The zero-order chi connectivity index (χ0) is 15.4. The molecule has 0 saturated carbocycles. The van der Waals surface area contributed by atoms with Gasteiger partial charge in [0.05, 0.1) is 11.9 Å². The second-order valence-electron chi connectivity index (χ2n) is 4.41. The van der Waals surface area contributed by atoms with E-state index in [9.17, 15) is 34.8 Å². The SMILES string of the molecule is CCC(C(=O)[O-])C(O)(C(=O)[O-])C(CC)(CC)C(=O)[O-].[NH4+].[NH4+].[NH4+]. The van der Waals surface area contributed by atoms with Crippen LogP contribution < -0.4 is 33.8 Å². The molecule has 2 atom stereocenters. The highest BCUT2D eigenvalue weighted by Gasteiger charge is 2.55. The highest BCUT2D eigenvalue weighted by atomic mass is 16.4. The molecule has 0 radical (unpaired) electrons. The zero-order valence-corrected chi connectivity index (χ0v) is 14.1. The molecule has 0 spiro atoms. The third-order valence-corrected chi connectivity index (χ3v) is 3.84. The Kier molecular flexibility index (Phi) is 13.0. The summed E-state index contributed by atoms with van der Waals surface area (Å²) in [6, 6.07) is 0. The Morgan fingerprint density at radius 3 is 1.41 bits per heavy atom. The van der Waals surface area contributed by atoms with Crippen LogP contribution in [0.2, 0.25) is 0 Å². The first-order valence-electron chi connectivity index (χ1n) is 6.01. The van der Waals surface area contributed by atoms with E-state index in [0.29, 0.717) is 0 Å². The van der Waals surface area contributed by atoms with Gasteiger partial charge in [0, 0.05) is 17.3 Å². The Bertz CT molecular complexity index is 385. The molecule has 0 heterocycles. The van der Waals surface area contributed by atoms with Crippen molar-refractivity contribution in [1.29, 1.82) is 0 Å². The van der Waals surface area contributed by atoms with Crippen molar-refractivity contribution in [2.75, 3.05) is 0 Å². The van der Waals surface area contributed by atoms with Crippen LogP contribution in [0.4, 0.5) is 0 Å². The fraction of sp³-hybridized carbons (Fsp3) is 0.750. The lowest BCUT2D eigenvalue weighted by Gasteiger charge is -2.52. The van der Waals surface area contributed by atoms with Crippen molar-refractivity contribution in [1.82, 2.24) is 18.5 Å². The second kappa shape index (κ2) is 10.1. The molecular weight excluding hydrogens is 298 g/mol. The van der Waals surface area contributed by atoms with Gasteiger partial charge in [-0.05, 0) is 19.3 Å². The van der Waals surface area contributed by atoms with Gasteiger partial charge < -0.3 is 53.3 Å². The van der Waals surface area contributed by atoms with Gasteiger partial charge in [-0.15, -0.1) is 0 Å². The topological polar surface area (TPSA) is 250 Å². The van der Waals surface area contributed by atoms with E-state index in [2.05, 4.69) is 0 Å². The van der Waals surface area contributed by atoms with Gasteiger partial charge in [0.25, 0.3) is 0 Å². The van der Waals surface area contributed by atoms with Crippen molar-refractivity contribution < 1.29 is 34.8 Å². The first-order valence-corrected chi connectivity index (χ1v) is 6.01. The molecule has 0 bridgehead atoms. The van der Waals surface area contributed by atoms with E-state index in [1.54, 1.807) is 0 Å². The van der Waals surface area contributed by atoms with E-state index in [1.807, 2.05) is 0 Å². The Morgan fingerprint density at radius 2 is 1.27 bits per heavy atom. The number of rotatable bonds is 8. The molecule has 134 valence electrons. The molecule has 0 amide bonds. The number of aliphatic carboxylic acids is 3. The van der Waals surface area contributed by atoms with Crippen LogP contribution in [0.1, 0.15) is 40.0 Å². The van der Waals surface area contributed by atoms with Crippen LogP contribution in [0.5, 0.6) is 0 Å². The van der Waals surface area contributed by atoms with Crippen molar-refractivity contribution in [2.45, 2.75) is 45.6 Å². The summed E-state index contributed by atoms with van der Waals surface area (Å²) >= 11 is 0. The molecule has 0 aliphatic carbocycles. The standard InChI is InChI=1S/C12H20O7.3H3N/c1-4-7(8(13)14)12(19,10(17)18)11(5-2,6-3)9(15)16;;;/h7,19H,4-6H2,1-3H3,(H,13,14)(H,15,16)(H,17,18);3*1H3. The fourth-order valence-corrected chi connectivity index (χ4v) is 2.54. The lowest BCUT2D eigenvalue weighted by atomic mass is 9.61. The molecule has 0 rings (SSSR count). The van der Waals surface area contributed by atoms with Crippen molar-refractivity contribution in [2.24, 2.45) is 11.3 Å². The number of carboxylic acid groups (broad SMARTS) is 3. The summed E-state index contributed by atoms with van der Waals surface area (Å²) in [5.41, 5.74) is -5.35. The lowest BCUT2D eigenvalue weighted by molar-refractivity contribution is -0.364. The van der Waals surface area contributed by atoms with Crippen LogP contribution in [0, 0.1) is 11.3 Å². The van der Waals surface area contributed by atoms with Gasteiger partial charge in [0.1, 0.15) is 5.60 Å². The maximum Gasteiger partial charge on any atom is 0.123 e. The van der Waals surface area contributed by atoms with Gasteiger partial charge in [-0.1, -0.05) is 20.8 Å². The third kappa shape index (κ3) is 3.91. The summed E-state index contributed by atoms with van der Waals surface area (Å²) in [6.07, 6.45) is -0.956. The summed E-state index contributed by atoms with van der Waals surface area (Å²) in [4.78, 5) is 33.6. The van der Waals surface area contributed by atoms with E-state index < -0.39 is 34.8 Å². The average Bonchev–Trinajstić information content (AvgIpc) is 2.30. The molecule has 0 aromatic heterocycles. The largest absolute Gasteiger partial charge is 0.550 e. The van der Waals surface area contributed by atoms with E-state index in [1.165, 1.54) is 20.8 Å². The summed E-state index contributed by atoms with van der Waals surface area (Å²) in [6.45, 7) is 3.96. The number of hydrogen-bond donors (Lipinski definition) is 4. The van der Waals surface area contributed by atoms with E-state index >= 15 is 0 Å². The predicted octanol–water partition coefficient (Wildman–Crippen LogP) is -2.07. The number of aliphatic hydroxyl groups is 1. The monoisotopic (exact) mass is 327 g/mol. The number of carbonyl (C=O) groups excluding carboxylic acids is 3.